The highest BCUT2D eigenvalue weighted by Gasteiger charge is 2.42. The molecule has 1 aromatic heterocycles. The minimum atomic E-state index is 0.0501. The Balaban J connectivity index is 1.24. The summed E-state index contributed by atoms with van der Waals surface area (Å²) in [4.78, 5) is 13.5. The third-order valence-electron chi connectivity index (χ3n) is 8.67. The van der Waals surface area contributed by atoms with Crippen molar-refractivity contribution >= 4 is 34.9 Å². The SMILES string of the molecule is COC1(C2CCCCC2)CCN(c2ccc(-c3nnc([C@H]4CC[C@H](C=O)CC4)s3)c(Cl)c2)CC1. The van der Waals surface area contributed by atoms with Gasteiger partial charge in [-0.1, -0.05) is 42.2 Å². The molecule has 1 aromatic carbocycles. The van der Waals surface area contributed by atoms with E-state index < -0.39 is 0 Å². The molecule has 0 radical (unpaired) electrons. The van der Waals surface area contributed by atoms with Gasteiger partial charge in [-0.2, -0.15) is 0 Å². The zero-order valence-electron chi connectivity index (χ0n) is 20.2. The van der Waals surface area contributed by atoms with Crippen LogP contribution in [0.1, 0.15) is 81.6 Å². The third-order valence-corrected chi connectivity index (χ3v) is 10.1. The van der Waals surface area contributed by atoms with Crippen LogP contribution in [0.2, 0.25) is 5.02 Å². The molecule has 5 rings (SSSR count). The Labute approximate surface area is 212 Å². The van der Waals surface area contributed by atoms with Crippen molar-refractivity contribution in [3.63, 3.8) is 0 Å². The first-order valence-electron chi connectivity index (χ1n) is 13.0. The number of hydrogen-bond donors (Lipinski definition) is 0. The van der Waals surface area contributed by atoms with Gasteiger partial charge in [0.1, 0.15) is 16.3 Å². The molecular formula is C27H36ClN3O2S. The van der Waals surface area contributed by atoms with Crippen LogP contribution in [-0.4, -0.2) is 42.3 Å². The van der Waals surface area contributed by atoms with Gasteiger partial charge < -0.3 is 14.4 Å². The minimum absolute atomic E-state index is 0.0501. The summed E-state index contributed by atoms with van der Waals surface area (Å²) in [7, 11) is 1.92. The molecule has 0 spiro atoms. The van der Waals surface area contributed by atoms with Crippen LogP contribution in [-0.2, 0) is 9.53 Å². The van der Waals surface area contributed by atoms with Crippen LogP contribution in [0.25, 0.3) is 10.6 Å². The fraction of sp³-hybridized carbons (Fsp3) is 0.667. The lowest BCUT2D eigenvalue weighted by Gasteiger charge is -2.47. The van der Waals surface area contributed by atoms with Crippen LogP contribution in [0, 0.1) is 11.8 Å². The fourth-order valence-corrected chi connectivity index (χ4v) is 7.81. The molecular weight excluding hydrogens is 466 g/mol. The Morgan fingerprint density at radius 3 is 2.44 bits per heavy atom. The van der Waals surface area contributed by atoms with Crippen molar-refractivity contribution in [1.82, 2.24) is 10.2 Å². The molecule has 7 heteroatoms. The number of methoxy groups -OCH3 is 1. The second-order valence-corrected chi connectivity index (χ2v) is 11.9. The molecule has 1 saturated heterocycles. The first-order valence-corrected chi connectivity index (χ1v) is 14.2. The summed E-state index contributed by atoms with van der Waals surface area (Å²) in [6, 6.07) is 6.37. The van der Waals surface area contributed by atoms with Gasteiger partial charge in [-0.3, -0.25) is 0 Å². The number of ether oxygens (including phenoxy) is 1. The van der Waals surface area contributed by atoms with Gasteiger partial charge in [0.15, 0.2) is 0 Å². The van der Waals surface area contributed by atoms with E-state index in [2.05, 4.69) is 33.3 Å². The first kappa shape index (κ1) is 24.2. The van der Waals surface area contributed by atoms with Crippen molar-refractivity contribution in [2.24, 2.45) is 11.8 Å². The molecule has 1 aliphatic heterocycles. The molecule has 5 nitrogen and oxygen atoms in total. The average molecular weight is 502 g/mol. The van der Waals surface area contributed by atoms with Crippen LogP contribution in [0.15, 0.2) is 18.2 Å². The standard InChI is InChI=1S/C27H36ClN3O2S/c1-33-27(21-5-3-2-4-6-21)13-15-31(16-14-27)22-11-12-23(24(28)17-22)26-30-29-25(34-26)20-9-7-19(18-32)8-10-20/h11-12,17-21H,2-10,13-16H2,1H3/t19-,20-. The molecule has 0 bridgehead atoms. The van der Waals surface area contributed by atoms with Crippen molar-refractivity contribution < 1.29 is 9.53 Å². The number of aldehydes is 1. The highest BCUT2D eigenvalue weighted by molar-refractivity contribution is 7.14. The van der Waals surface area contributed by atoms with E-state index in [-0.39, 0.29) is 11.5 Å². The molecule has 3 fully saturated rings. The Morgan fingerprint density at radius 1 is 1.06 bits per heavy atom. The number of aromatic nitrogens is 2. The monoisotopic (exact) mass is 501 g/mol. The average Bonchev–Trinajstić information content (AvgIpc) is 3.39. The lowest BCUT2D eigenvalue weighted by molar-refractivity contribution is -0.111. The van der Waals surface area contributed by atoms with Gasteiger partial charge >= 0.3 is 0 Å². The van der Waals surface area contributed by atoms with Crippen LogP contribution in [0.5, 0.6) is 0 Å². The Kier molecular flexibility index (Phi) is 7.57. The summed E-state index contributed by atoms with van der Waals surface area (Å²) in [5.74, 6) is 1.34. The Morgan fingerprint density at radius 2 is 1.79 bits per heavy atom. The van der Waals surface area contributed by atoms with Crippen LogP contribution in [0.4, 0.5) is 5.69 Å². The first-order chi connectivity index (χ1) is 16.6. The summed E-state index contributed by atoms with van der Waals surface area (Å²) in [6.07, 6.45) is 13.9. The maximum Gasteiger partial charge on any atom is 0.149 e. The number of benzene rings is 1. The summed E-state index contributed by atoms with van der Waals surface area (Å²) in [6.45, 7) is 2.01. The van der Waals surface area contributed by atoms with E-state index in [0.717, 1.165) is 78.5 Å². The smallest absolute Gasteiger partial charge is 0.149 e. The maximum absolute atomic E-state index is 11.0. The molecule has 2 aromatic rings. The van der Waals surface area contributed by atoms with Crippen molar-refractivity contribution in [3.05, 3.63) is 28.2 Å². The van der Waals surface area contributed by atoms with Crippen molar-refractivity contribution in [1.29, 1.82) is 0 Å². The van der Waals surface area contributed by atoms with E-state index in [1.54, 1.807) is 11.3 Å². The number of halogens is 1. The molecule has 184 valence electrons. The zero-order chi connectivity index (χ0) is 23.5. The molecule has 0 N–H and O–H groups in total. The normalized spacial score (nSPS) is 25.9. The van der Waals surface area contributed by atoms with Crippen molar-refractivity contribution in [3.8, 4) is 10.6 Å². The van der Waals surface area contributed by atoms with Gasteiger partial charge in [-0.25, -0.2) is 0 Å². The van der Waals surface area contributed by atoms with Crippen LogP contribution in [0.3, 0.4) is 0 Å². The van der Waals surface area contributed by atoms with E-state index >= 15 is 0 Å². The Hall–Kier alpha value is -1.50. The molecule has 0 unspecified atom stereocenters. The van der Waals surface area contributed by atoms with Gasteiger partial charge in [0.05, 0.1) is 10.6 Å². The van der Waals surface area contributed by atoms with Crippen molar-refractivity contribution in [2.75, 3.05) is 25.1 Å². The number of piperidine rings is 1. The number of carbonyl (C=O) groups excluding carboxylic acids is 1. The molecule has 2 saturated carbocycles. The number of anilines is 1. The third kappa shape index (κ3) is 4.91. The lowest BCUT2D eigenvalue weighted by atomic mass is 9.72. The number of carbonyl (C=O) groups is 1. The molecule has 0 amide bonds. The molecule has 3 aliphatic rings. The largest absolute Gasteiger partial charge is 0.378 e. The highest BCUT2D eigenvalue weighted by Crippen LogP contribution is 2.43. The Bertz CT molecular complexity index is 974. The van der Waals surface area contributed by atoms with E-state index in [4.69, 9.17) is 16.3 Å². The number of rotatable bonds is 6. The minimum Gasteiger partial charge on any atom is -0.378 e. The summed E-state index contributed by atoms with van der Waals surface area (Å²) in [5, 5.41) is 11.7. The van der Waals surface area contributed by atoms with E-state index in [1.165, 1.54) is 37.8 Å². The van der Waals surface area contributed by atoms with Gasteiger partial charge in [-0.15, -0.1) is 10.2 Å². The van der Waals surface area contributed by atoms with Crippen LogP contribution >= 0.6 is 22.9 Å². The van der Waals surface area contributed by atoms with Crippen LogP contribution < -0.4 is 4.90 Å². The summed E-state index contributed by atoms with van der Waals surface area (Å²) < 4.78 is 6.18. The number of nitrogens with zero attached hydrogens (tertiary/aromatic N) is 3. The van der Waals surface area contributed by atoms with Crippen molar-refractivity contribution in [2.45, 2.75) is 82.1 Å². The second kappa shape index (κ2) is 10.6. The van der Waals surface area contributed by atoms with E-state index in [0.29, 0.717) is 11.8 Å². The van der Waals surface area contributed by atoms with E-state index in [9.17, 15) is 4.79 Å². The zero-order valence-corrected chi connectivity index (χ0v) is 21.8. The molecule has 0 atom stereocenters. The van der Waals surface area contributed by atoms with Gasteiger partial charge in [0.2, 0.25) is 0 Å². The topological polar surface area (TPSA) is 55.3 Å². The molecule has 34 heavy (non-hydrogen) atoms. The fourth-order valence-electron chi connectivity index (χ4n) is 6.44. The number of hydrogen-bond acceptors (Lipinski definition) is 6. The predicted octanol–water partition coefficient (Wildman–Crippen LogP) is 6.90. The summed E-state index contributed by atoms with van der Waals surface area (Å²) in [5.41, 5.74) is 2.19. The second-order valence-electron chi connectivity index (χ2n) is 10.4. The highest BCUT2D eigenvalue weighted by atomic mass is 35.5. The predicted molar refractivity (Wildman–Crippen MR) is 139 cm³/mol. The molecule has 2 aliphatic carbocycles. The quantitative estimate of drug-likeness (QED) is 0.403. The van der Waals surface area contributed by atoms with Gasteiger partial charge in [-0.05, 0) is 75.5 Å². The maximum atomic E-state index is 11.0. The lowest BCUT2D eigenvalue weighted by Crippen LogP contribution is -2.50. The van der Waals surface area contributed by atoms with E-state index in [1.807, 2.05) is 7.11 Å². The van der Waals surface area contributed by atoms with Gasteiger partial charge in [0.25, 0.3) is 0 Å². The molecule has 2 heterocycles. The summed E-state index contributed by atoms with van der Waals surface area (Å²) >= 11 is 8.42. The van der Waals surface area contributed by atoms with Gasteiger partial charge in [0, 0.05) is 43.3 Å².